The molecule has 1 aliphatic heterocycles. The van der Waals surface area contributed by atoms with Crippen LogP contribution < -0.4 is 15.5 Å². The van der Waals surface area contributed by atoms with Gasteiger partial charge in [0.25, 0.3) is 0 Å². The maximum absolute atomic E-state index is 12.9. The van der Waals surface area contributed by atoms with Crippen molar-refractivity contribution in [3.05, 3.63) is 48.5 Å². The summed E-state index contributed by atoms with van der Waals surface area (Å²) in [5, 5.41) is 10.5. The Balaban J connectivity index is 1.70. The molecule has 1 aliphatic rings. The van der Waals surface area contributed by atoms with Crippen LogP contribution in [0, 0.1) is 6.92 Å². The molecule has 0 saturated carbocycles. The molecular formula is C19H21N7O. The molecular weight excluding hydrogens is 342 g/mol. The Hall–Kier alpha value is -3.42. The highest BCUT2D eigenvalue weighted by Gasteiger charge is 2.24. The fourth-order valence-electron chi connectivity index (χ4n) is 3.08. The van der Waals surface area contributed by atoms with Gasteiger partial charge in [-0.1, -0.05) is 0 Å². The molecule has 0 atom stereocenters. The molecule has 4 heterocycles. The zero-order chi connectivity index (χ0) is 18.8. The van der Waals surface area contributed by atoms with E-state index in [0.29, 0.717) is 18.1 Å². The van der Waals surface area contributed by atoms with Crippen molar-refractivity contribution in [2.75, 3.05) is 28.6 Å². The Bertz CT molecular complexity index is 967. The average Bonchev–Trinajstić information content (AvgIpc) is 2.90. The van der Waals surface area contributed by atoms with Gasteiger partial charge in [-0.15, -0.1) is 0 Å². The van der Waals surface area contributed by atoms with Gasteiger partial charge in [0.2, 0.25) is 0 Å². The van der Waals surface area contributed by atoms with Crippen LogP contribution >= 0.6 is 0 Å². The van der Waals surface area contributed by atoms with E-state index < -0.39 is 0 Å². The molecule has 0 spiro atoms. The predicted octanol–water partition coefficient (Wildman–Crippen LogP) is 3.04. The molecule has 0 unspecified atom stereocenters. The first-order chi connectivity index (χ1) is 13.1. The molecule has 0 radical (unpaired) electrons. The summed E-state index contributed by atoms with van der Waals surface area (Å²) in [4.78, 5) is 23.4. The van der Waals surface area contributed by atoms with Crippen molar-refractivity contribution >= 4 is 23.2 Å². The molecule has 2 N–H and O–H groups in total. The van der Waals surface area contributed by atoms with Crippen molar-refractivity contribution in [3.63, 3.8) is 0 Å². The standard InChI is InChI=1S/C19H21N7O/c1-13-15(12-22-25(13)2)16-6-7-17-18(24-16)26(10-4-9-21-17)19(27)23-14-5-3-8-20-11-14/h3,5-8,11-12,21H,4,9-10H2,1-2H3,(H,23,27). The van der Waals surface area contributed by atoms with E-state index in [-0.39, 0.29) is 6.03 Å². The number of nitrogens with one attached hydrogen (secondary N) is 2. The lowest BCUT2D eigenvalue weighted by Crippen LogP contribution is -2.36. The summed E-state index contributed by atoms with van der Waals surface area (Å²) >= 11 is 0. The van der Waals surface area contributed by atoms with Gasteiger partial charge in [0.15, 0.2) is 5.82 Å². The Morgan fingerprint density at radius 1 is 1.26 bits per heavy atom. The molecule has 0 aliphatic carbocycles. The number of amides is 2. The lowest BCUT2D eigenvalue weighted by atomic mass is 10.1. The number of anilines is 3. The maximum atomic E-state index is 12.9. The molecule has 3 aromatic heterocycles. The van der Waals surface area contributed by atoms with Crippen LogP contribution in [-0.2, 0) is 7.05 Å². The van der Waals surface area contributed by atoms with Crippen LogP contribution in [-0.4, -0.2) is 38.9 Å². The van der Waals surface area contributed by atoms with Gasteiger partial charge in [-0.25, -0.2) is 9.78 Å². The van der Waals surface area contributed by atoms with Crippen LogP contribution in [0.3, 0.4) is 0 Å². The smallest absolute Gasteiger partial charge is 0.327 e. The molecule has 0 bridgehead atoms. The number of hydrogen-bond acceptors (Lipinski definition) is 5. The Morgan fingerprint density at radius 2 is 2.15 bits per heavy atom. The first-order valence-corrected chi connectivity index (χ1v) is 8.86. The number of nitrogens with zero attached hydrogens (tertiary/aromatic N) is 5. The number of fused-ring (bicyclic) bond motifs is 1. The Morgan fingerprint density at radius 3 is 2.89 bits per heavy atom. The Labute approximate surface area is 157 Å². The van der Waals surface area contributed by atoms with Crippen LogP contribution in [0.15, 0.2) is 42.9 Å². The van der Waals surface area contributed by atoms with Crippen LogP contribution in [0.5, 0.6) is 0 Å². The highest BCUT2D eigenvalue weighted by molar-refractivity contribution is 6.03. The minimum atomic E-state index is -0.222. The van der Waals surface area contributed by atoms with Crippen LogP contribution in [0.1, 0.15) is 12.1 Å². The molecule has 0 fully saturated rings. The maximum Gasteiger partial charge on any atom is 0.327 e. The normalized spacial score (nSPS) is 13.5. The second-order valence-electron chi connectivity index (χ2n) is 6.44. The van der Waals surface area contributed by atoms with E-state index in [0.717, 1.165) is 35.6 Å². The third-order valence-electron chi connectivity index (χ3n) is 4.67. The summed E-state index contributed by atoms with van der Waals surface area (Å²) in [6.07, 6.45) is 5.93. The summed E-state index contributed by atoms with van der Waals surface area (Å²) in [7, 11) is 1.90. The van der Waals surface area contributed by atoms with Gasteiger partial charge >= 0.3 is 6.03 Å². The largest absolute Gasteiger partial charge is 0.382 e. The van der Waals surface area contributed by atoms with Gasteiger partial charge in [0.05, 0.1) is 29.5 Å². The lowest BCUT2D eigenvalue weighted by molar-refractivity contribution is 0.257. The van der Waals surface area contributed by atoms with Gasteiger partial charge in [0, 0.05) is 37.6 Å². The minimum absolute atomic E-state index is 0.222. The molecule has 8 nitrogen and oxygen atoms in total. The predicted molar refractivity (Wildman–Crippen MR) is 105 cm³/mol. The number of carbonyl (C=O) groups excluding carboxylic acids is 1. The Kier molecular flexibility index (Phi) is 4.45. The number of aryl methyl sites for hydroxylation is 1. The molecule has 4 rings (SSSR count). The second kappa shape index (κ2) is 7.06. The van der Waals surface area contributed by atoms with E-state index in [2.05, 4.69) is 20.7 Å². The monoisotopic (exact) mass is 363 g/mol. The van der Waals surface area contributed by atoms with Gasteiger partial charge in [-0.3, -0.25) is 14.6 Å². The van der Waals surface area contributed by atoms with Crippen molar-refractivity contribution in [2.24, 2.45) is 7.05 Å². The average molecular weight is 363 g/mol. The molecule has 3 aromatic rings. The fraction of sp³-hybridized carbons (Fsp3) is 0.263. The molecule has 0 aromatic carbocycles. The number of hydrogen-bond donors (Lipinski definition) is 2. The SMILES string of the molecule is Cc1c(-c2ccc3c(n2)N(C(=O)Nc2cccnc2)CCCN3)cnn1C. The fourth-order valence-corrected chi connectivity index (χ4v) is 3.08. The summed E-state index contributed by atoms with van der Waals surface area (Å²) in [6.45, 7) is 3.37. The zero-order valence-electron chi connectivity index (χ0n) is 15.3. The van der Waals surface area contributed by atoms with E-state index >= 15 is 0 Å². The van der Waals surface area contributed by atoms with E-state index in [9.17, 15) is 4.79 Å². The molecule has 8 heteroatoms. The second-order valence-corrected chi connectivity index (χ2v) is 6.44. The van der Waals surface area contributed by atoms with Crippen LogP contribution in [0.25, 0.3) is 11.3 Å². The molecule has 2 amide bonds. The van der Waals surface area contributed by atoms with E-state index in [4.69, 9.17) is 4.98 Å². The summed E-state index contributed by atoms with van der Waals surface area (Å²) in [5.74, 6) is 0.620. The molecule has 27 heavy (non-hydrogen) atoms. The molecule has 138 valence electrons. The number of carbonyl (C=O) groups is 1. The third-order valence-corrected chi connectivity index (χ3v) is 4.67. The van der Waals surface area contributed by atoms with Gasteiger partial charge in [0.1, 0.15) is 0 Å². The lowest BCUT2D eigenvalue weighted by Gasteiger charge is -2.22. The van der Waals surface area contributed by atoms with Crippen molar-refractivity contribution in [1.82, 2.24) is 19.7 Å². The van der Waals surface area contributed by atoms with Gasteiger partial charge in [-0.05, 0) is 37.6 Å². The van der Waals surface area contributed by atoms with Crippen molar-refractivity contribution < 1.29 is 4.79 Å². The summed E-state index contributed by atoms with van der Waals surface area (Å²) in [5.41, 5.74) is 4.27. The quantitative estimate of drug-likeness (QED) is 0.731. The first kappa shape index (κ1) is 17.0. The first-order valence-electron chi connectivity index (χ1n) is 8.86. The number of urea groups is 1. The van der Waals surface area contributed by atoms with Crippen LogP contribution in [0.2, 0.25) is 0 Å². The third kappa shape index (κ3) is 3.33. The number of pyridine rings is 2. The van der Waals surface area contributed by atoms with Gasteiger partial charge < -0.3 is 10.6 Å². The highest BCUT2D eigenvalue weighted by atomic mass is 16.2. The van der Waals surface area contributed by atoms with Crippen molar-refractivity contribution in [1.29, 1.82) is 0 Å². The number of aromatic nitrogens is 4. The summed E-state index contributed by atoms with van der Waals surface area (Å²) < 4.78 is 1.81. The van der Waals surface area contributed by atoms with Crippen molar-refractivity contribution in [2.45, 2.75) is 13.3 Å². The molecule has 0 saturated heterocycles. The van der Waals surface area contributed by atoms with Gasteiger partial charge in [-0.2, -0.15) is 5.10 Å². The summed E-state index contributed by atoms with van der Waals surface area (Å²) in [6, 6.07) is 7.30. The van der Waals surface area contributed by atoms with Crippen LogP contribution in [0.4, 0.5) is 22.0 Å². The van der Waals surface area contributed by atoms with E-state index in [1.54, 1.807) is 29.6 Å². The number of rotatable bonds is 2. The minimum Gasteiger partial charge on any atom is -0.382 e. The van der Waals surface area contributed by atoms with Crippen molar-refractivity contribution in [3.8, 4) is 11.3 Å². The van der Waals surface area contributed by atoms with E-state index in [1.807, 2.05) is 36.9 Å². The topological polar surface area (TPSA) is 88.0 Å². The zero-order valence-corrected chi connectivity index (χ0v) is 15.3. The van der Waals surface area contributed by atoms with E-state index in [1.165, 1.54) is 0 Å². The highest BCUT2D eigenvalue weighted by Crippen LogP contribution is 2.31.